The number of halogens is 1. The second kappa shape index (κ2) is 7.58. The third-order valence-corrected chi connectivity index (χ3v) is 3.09. The summed E-state index contributed by atoms with van der Waals surface area (Å²) in [6.07, 6.45) is 5.06. The fourth-order valence-electron chi connectivity index (χ4n) is 1.88. The number of hydrogen-bond donors (Lipinski definition) is 1. The Kier molecular flexibility index (Phi) is 5.52. The molecule has 0 saturated carbocycles. The molecule has 11 heteroatoms. The van der Waals surface area contributed by atoms with E-state index in [9.17, 15) is 14.9 Å². The predicted molar refractivity (Wildman–Crippen MR) is 80.3 cm³/mol. The van der Waals surface area contributed by atoms with Crippen LogP contribution in [0.1, 0.15) is 6.42 Å². The van der Waals surface area contributed by atoms with Gasteiger partial charge in [0.05, 0.1) is 23.3 Å². The molecule has 0 atom stereocenters. The van der Waals surface area contributed by atoms with Gasteiger partial charge in [0.2, 0.25) is 5.91 Å². The summed E-state index contributed by atoms with van der Waals surface area (Å²) in [5, 5.41) is 21.9. The number of amides is 1. The number of aryl methyl sites for hydroxylation is 1. The van der Waals surface area contributed by atoms with Crippen LogP contribution in [0.25, 0.3) is 0 Å². The second-order valence-electron chi connectivity index (χ2n) is 4.60. The number of ether oxygens (including phenoxy) is 1. The Balaban J connectivity index is 1.77. The van der Waals surface area contributed by atoms with Gasteiger partial charge in [-0.2, -0.15) is 5.10 Å². The van der Waals surface area contributed by atoms with Gasteiger partial charge in [-0.25, -0.2) is 0 Å². The maximum Gasteiger partial charge on any atom is 0.350 e. The fourth-order valence-corrected chi connectivity index (χ4v) is 2.03. The minimum atomic E-state index is -0.616. The van der Waals surface area contributed by atoms with Crippen LogP contribution in [0.15, 0.2) is 18.6 Å². The van der Waals surface area contributed by atoms with Gasteiger partial charge < -0.3 is 10.1 Å². The molecule has 23 heavy (non-hydrogen) atoms. The van der Waals surface area contributed by atoms with Gasteiger partial charge in [0.15, 0.2) is 0 Å². The number of aromatic nitrogens is 4. The number of rotatable bonds is 8. The molecule has 124 valence electrons. The van der Waals surface area contributed by atoms with Crippen molar-refractivity contribution in [3.8, 4) is 5.88 Å². The highest BCUT2D eigenvalue weighted by Gasteiger charge is 2.20. The van der Waals surface area contributed by atoms with E-state index in [1.165, 1.54) is 18.0 Å². The number of methoxy groups -OCH3 is 1. The van der Waals surface area contributed by atoms with Crippen molar-refractivity contribution in [3.63, 3.8) is 0 Å². The molecule has 0 bridgehead atoms. The minimum Gasteiger partial charge on any atom is -0.475 e. The largest absolute Gasteiger partial charge is 0.475 e. The number of carbonyl (C=O) groups excluding carboxylic acids is 1. The smallest absolute Gasteiger partial charge is 0.350 e. The van der Waals surface area contributed by atoms with Gasteiger partial charge >= 0.3 is 11.6 Å². The molecule has 0 saturated heterocycles. The summed E-state index contributed by atoms with van der Waals surface area (Å²) in [5.74, 6) is -0.429. The van der Waals surface area contributed by atoms with E-state index in [1.54, 1.807) is 10.9 Å². The summed E-state index contributed by atoms with van der Waals surface area (Å²) >= 11 is 5.74. The van der Waals surface area contributed by atoms with E-state index < -0.39 is 4.92 Å². The molecule has 0 aliphatic rings. The molecule has 0 aromatic carbocycles. The van der Waals surface area contributed by atoms with Gasteiger partial charge in [-0.15, -0.1) is 5.10 Å². The normalized spacial score (nSPS) is 10.5. The van der Waals surface area contributed by atoms with Crippen LogP contribution in [-0.2, 0) is 17.9 Å². The molecule has 0 aliphatic heterocycles. The van der Waals surface area contributed by atoms with Crippen molar-refractivity contribution < 1.29 is 14.5 Å². The molecule has 0 radical (unpaired) electrons. The maximum atomic E-state index is 11.8. The van der Waals surface area contributed by atoms with Crippen molar-refractivity contribution in [3.05, 3.63) is 33.7 Å². The number of carbonyl (C=O) groups is 1. The zero-order chi connectivity index (χ0) is 16.8. The molecule has 1 amide bonds. The minimum absolute atomic E-state index is 0.127. The van der Waals surface area contributed by atoms with Crippen LogP contribution >= 0.6 is 11.6 Å². The molecule has 2 aromatic heterocycles. The van der Waals surface area contributed by atoms with E-state index in [4.69, 9.17) is 16.3 Å². The molecule has 0 spiro atoms. The number of nitrogens with one attached hydrogen (secondary N) is 1. The molecule has 2 aromatic rings. The van der Waals surface area contributed by atoms with E-state index in [0.29, 0.717) is 24.5 Å². The van der Waals surface area contributed by atoms with E-state index in [-0.39, 0.29) is 24.0 Å². The van der Waals surface area contributed by atoms with Crippen molar-refractivity contribution in [2.24, 2.45) is 0 Å². The van der Waals surface area contributed by atoms with Gasteiger partial charge in [-0.3, -0.25) is 24.3 Å². The van der Waals surface area contributed by atoms with Crippen LogP contribution in [0, 0.1) is 10.1 Å². The maximum absolute atomic E-state index is 11.8. The molecule has 2 rings (SSSR count). The van der Waals surface area contributed by atoms with Crippen molar-refractivity contribution in [1.29, 1.82) is 0 Å². The van der Waals surface area contributed by atoms with Crippen molar-refractivity contribution >= 4 is 23.2 Å². The quantitative estimate of drug-likeness (QED) is 0.432. The Bertz CT molecular complexity index is 698. The van der Waals surface area contributed by atoms with Crippen molar-refractivity contribution in [2.45, 2.75) is 19.5 Å². The molecule has 2 heterocycles. The van der Waals surface area contributed by atoms with Crippen molar-refractivity contribution in [1.82, 2.24) is 24.9 Å². The lowest BCUT2D eigenvalue weighted by atomic mass is 10.4. The number of nitrogens with zero attached hydrogens (tertiary/aromatic N) is 5. The predicted octanol–water partition coefficient (Wildman–Crippen LogP) is 0.856. The zero-order valence-electron chi connectivity index (χ0n) is 12.3. The van der Waals surface area contributed by atoms with Crippen LogP contribution in [0.5, 0.6) is 5.88 Å². The Morgan fingerprint density at radius 1 is 1.48 bits per heavy atom. The SMILES string of the molecule is COc1nn(CC(=O)NCCCn2cc(Cl)cn2)cc1[N+](=O)[O-]. The monoisotopic (exact) mass is 342 g/mol. The molecule has 10 nitrogen and oxygen atoms in total. The molecule has 0 aliphatic carbocycles. The Morgan fingerprint density at radius 3 is 2.83 bits per heavy atom. The number of nitro groups is 1. The summed E-state index contributed by atoms with van der Waals surface area (Å²) in [6, 6.07) is 0. The summed E-state index contributed by atoms with van der Waals surface area (Å²) < 4.78 is 7.64. The van der Waals surface area contributed by atoms with Gasteiger partial charge in [-0.05, 0) is 6.42 Å². The van der Waals surface area contributed by atoms with Crippen LogP contribution in [0.3, 0.4) is 0 Å². The van der Waals surface area contributed by atoms with E-state index >= 15 is 0 Å². The third kappa shape index (κ3) is 4.68. The summed E-state index contributed by atoms with van der Waals surface area (Å²) in [5.41, 5.74) is -0.282. The van der Waals surface area contributed by atoms with Crippen LogP contribution in [-0.4, -0.2) is 44.0 Å². The lowest BCUT2D eigenvalue weighted by molar-refractivity contribution is -0.385. The highest BCUT2D eigenvalue weighted by molar-refractivity contribution is 6.30. The average Bonchev–Trinajstić information content (AvgIpc) is 3.09. The highest BCUT2D eigenvalue weighted by atomic mass is 35.5. The Morgan fingerprint density at radius 2 is 2.26 bits per heavy atom. The summed E-state index contributed by atoms with van der Waals surface area (Å²) in [6.45, 7) is 0.933. The van der Waals surface area contributed by atoms with Gasteiger partial charge in [0, 0.05) is 19.3 Å². The lowest BCUT2D eigenvalue weighted by Gasteiger charge is -2.05. The molecule has 0 fully saturated rings. The lowest BCUT2D eigenvalue weighted by Crippen LogP contribution is -2.29. The first kappa shape index (κ1) is 16.7. The fraction of sp³-hybridized carbons (Fsp3) is 0.417. The Labute approximate surface area is 136 Å². The molecular formula is C12H15ClN6O4. The summed E-state index contributed by atoms with van der Waals surface area (Å²) in [7, 11) is 1.28. The van der Waals surface area contributed by atoms with Gasteiger partial charge in [0.25, 0.3) is 0 Å². The van der Waals surface area contributed by atoms with Gasteiger partial charge in [0.1, 0.15) is 12.7 Å². The van der Waals surface area contributed by atoms with E-state index in [2.05, 4.69) is 15.5 Å². The van der Waals surface area contributed by atoms with Gasteiger partial charge in [-0.1, -0.05) is 11.6 Å². The first-order valence-electron chi connectivity index (χ1n) is 6.70. The third-order valence-electron chi connectivity index (χ3n) is 2.89. The first-order chi connectivity index (χ1) is 11.0. The Hall–Kier alpha value is -2.62. The standard InChI is InChI=1S/C12H15ClN6O4/c1-23-12-10(19(21)22)7-18(16-12)8-11(20)14-3-2-4-17-6-9(13)5-15-17/h5-7H,2-4,8H2,1H3,(H,14,20). The number of hydrogen-bond acceptors (Lipinski definition) is 6. The van der Waals surface area contributed by atoms with E-state index in [1.807, 2.05) is 0 Å². The topological polar surface area (TPSA) is 117 Å². The molecule has 1 N–H and O–H groups in total. The summed E-state index contributed by atoms with van der Waals surface area (Å²) in [4.78, 5) is 21.9. The zero-order valence-corrected chi connectivity index (χ0v) is 13.1. The van der Waals surface area contributed by atoms with Crippen LogP contribution in [0.2, 0.25) is 5.02 Å². The first-order valence-corrected chi connectivity index (χ1v) is 7.08. The van der Waals surface area contributed by atoms with Crippen molar-refractivity contribution in [2.75, 3.05) is 13.7 Å². The molecular weight excluding hydrogens is 328 g/mol. The van der Waals surface area contributed by atoms with Crippen LogP contribution < -0.4 is 10.1 Å². The molecule has 0 unspecified atom stereocenters. The average molecular weight is 343 g/mol. The van der Waals surface area contributed by atoms with E-state index in [0.717, 1.165) is 6.20 Å². The highest BCUT2D eigenvalue weighted by Crippen LogP contribution is 2.23. The van der Waals surface area contributed by atoms with Crippen LogP contribution in [0.4, 0.5) is 5.69 Å². The second-order valence-corrected chi connectivity index (χ2v) is 5.04.